The molecular formula is C17H15BrN2O3S. The fraction of sp³-hybridized carbons (Fsp3) is 0.294. The Labute approximate surface area is 151 Å². The summed E-state index contributed by atoms with van der Waals surface area (Å²) < 4.78 is 8.77. The Kier molecular flexibility index (Phi) is 4.15. The third-order valence-electron chi connectivity index (χ3n) is 4.22. The van der Waals surface area contributed by atoms with Crippen molar-refractivity contribution in [2.75, 3.05) is 6.61 Å². The molecule has 0 unspecified atom stereocenters. The normalized spacial score (nSPS) is 17.1. The van der Waals surface area contributed by atoms with Crippen molar-refractivity contribution in [1.29, 1.82) is 0 Å². The minimum Gasteiger partial charge on any atom is -0.478 e. The number of aromatic carboxylic acids is 1. The van der Waals surface area contributed by atoms with Crippen LogP contribution in [0.4, 0.5) is 0 Å². The summed E-state index contributed by atoms with van der Waals surface area (Å²) in [4.78, 5) is 17.2. The summed E-state index contributed by atoms with van der Waals surface area (Å²) in [6, 6.07) is 9.21. The van der Waals surface area contributed by atoms with Gasteiger partial charge in [-0.2, -0.15) is 0 Å². The second kappa shape index (κ2) is 6.31. The lowest BCUT2D eigenvalue weighted by Crippen LogP contribution is -2.31. The van der Waals surface area contributed by atoms with Crippen molar-refractivity contribution in [2.24, 2.45) is 0 Å². The SMILES string of the molecule is O=C(O)c1ccc2nc(Cc3ccc(Br)s3)n(C[C@@H]3CCO3)c2c1. The summed E-state index contributed by atoms with van der Waals surface area (Å²) in [5.41, 5.74) is 1.96. The minimum absolute atomic E-state index is 0.185. The largest absolute Gasteiger partial charge is 0.478 e. The molecule has 1 saturated heterocycles. The van der Waals surface area contributed by atoms with Crippen molar-refractivity contribution in [3.63, 3.8) is 0 Å². The van der Waals surface area contributed by atoms with Gasteiger partial charge in [0.05, 0.1) is 33.0 Å². The summed E-state index contributed by atoms with van der Waals surface area (Å²) in [5.74, 6) is 0.0191. The van der Waals surface area contributed by atoms with Crippen molar-refractivity contribution in [3.05, 3.63) is 50.4 Å². The van der Waals surface area contributed by atoms with Crippen LogP contribution < -0.4 is 0 Å². The van der Waals surface area contributed by atoms with Gasteiger partial charge in [-0.3, -0.25) is 0 Å². The fourth-order valence-electron chi connectivity index (χ4n) is 2.88. The lowest BCUT2D eigenvalue weighted by Gasteiger charge is -2.27. The molecule has 0 amide bonds. The molecule has 1 aliphatic heterocycles. The van der Waals surface area contributed by atoms with E-state index < -0.39 is 5.97 Å². The summed E-state index contributed by atoms with van der Waals surface area (Å²) in [5, 5.41) is 9.26. The zero-order chi connectivity index (χ0) is 16.7. The van der Waals surface area contributed by atoms with E-state index >= 15 is 0 Å². The Bertz CT molecular complexity index is 914. The van der Waals surface area contributed by atoms with Gasteiger partial charge in [-0.05, 0) is 52.7 Å². The molecule has 1 aliphatic rings. The summed E-state index contributed by atoms with van der Waals surface area (Å²) >= 11 is 5.18. The first-order chi connectivity index (χ1) is 11.6. The second-order valence-corrected chi connectivity index (χ2v) is 8.36. The van der Waals surface area contributed by atoms with E-state index in [-0.39, 0.29) is 11.7 Å². The van der Waals surface area contributed by atoms with Gasteiger partial charge < -0.3 is 14.4 Å². The van der Waals surface area contributed by atoms with Crippen molar-refractivity contribution in [3.8, 4) is 0 Å². The maximum atomic E-state index is 11.3. The Morgan fingerprint density at radius 1 is 1.42 bits per heavy atom. The minimum atomic E-state index is -0.923. The van der Waals surface area contributed by atoms with Gasteiger partial charge in [-0.15, -0.1) is 11.3 Å². The summed E-state index contributed by atoms with van der Waals surface area (Å²) in [6.07, 6.45) is 1.94. The maximum Gasteiger partial charge on any atom is 0.335 e. The molecule has 1 fully saturated rings. The molecule has 5 nitrogen and oxygen atoms in total. The van der Waals surface area contributed by atoms with Crippen molar-refractivity contribution in [1.82, 2.24) is 9.55 Å². The van der Waals surface area contributed by atoms with E-state index in [0.29, 0.717) is 6.54 Å². The number of benzene rings is 1. The lowest BCUT2D eigenvalue weighted by atomic mass is 10.1. The third kappa shape index (κ3) is 2.99. The first kappa shape index (κ1) is 15.8. The predicted molar refractivity (Wildman–Crippen MR) is 95.9 cm³/mol. The highest BCUT2D eigenvalue weighted by atomic mass is 79.9. The number of thiophene rings is 1. The number of imidazole rings is 1. The molecule has 3 heterocycles. The number of fused-ring (bicyclic) bond motifs is 1. The number of hydrogen-bond donors (Lipinski definition) is 1. The average Bonchev–Trinajstić information content (AvgIpc) is 3.06. The van der Waals surface area contributed by atoms with Gasteiger partial charge in [-0.1, -0.05) is 0 Å². The highest BCUT2D eigenvalue weighted by molar-refractivity contribution is 9.11. The number of rotatable bonds is 5. The molecule has 24 heavy (non-hydrogen) atoms. The van der Waals surface area contributed by atoms with E-state index in [9.17, 15) is 9.90 Å². The van der Waals surface area contributed by atoms with Gasteiger partial charge in [0.2, 0.25) is 0 Å². The molecule has 124 valence electrons. The van der Waals surface area contributed by atoms with Crippen LogP contribution in [-0.2, 0) is 17.7 Å². The zero-order valence-corrected chi connectivity index (χ0v) is 15.1. The molecule has 0 radical (unpaired) electrons. The number of hydrogen-bond acceptors (Lipinski definition) is 4. The number of carboxylic acid groups (broad SMARTS) is 1. The van der Waals surface area contributed by atoms with Crippen molar-refractivity contribution < 1.29 is 14.6 Å². The van der Waals surface area contributed by atoms with Crippen LogP contribution in [0.15, 0.2) is 34.1 Å². The Balaban J connectivity index is 1.77. The van der Waals surface area contributed by atoms with Crippen LogP contribution in [-0.4, -0.2) is 33.3 Å². The Morgan fingerprint density at radius 3 is 2.88 bits per heavy atom. The van der Waals surface area contributed by atoms with Crippen molar-refractivity contribution in [2.45, 2.75) is 25.5 Å². The van der Waals surface area contributed by atoms with Gasteiger partial charge >= 0.3 is 5.97 Å². The number of ether oxygens (including phenoxy) is 1. The molecule has 0 bridgehead atoms. The lowest BCUT2D eigenvalue weighted by molar-refractivity contribution is -0.0589. The van der Waals surface area contributed by atoms with Crippen LogP contribution in [0.5, 0.6) is 0 Å². The standard InChI is InChI=1S/C17H15BrN2O3S/c18-15-4-2-12(24-15)8-16-19-13-3-1-10(17(21)22)7-14(13)20(16)9-11-5-6-23-11/h1-4,7,11H,5-6,8-9H2,(H,21,22)/t11-/m0/s1. The van der Waals surface area contributed by atoms with Gasteiger partial charge in [0.1, 0.15) is 5.82 Å². The van der Waals surface area contributed by atoms with E-state index in [1.165, 1.54) is 4.88 Å². The molecular weight excluding hydrogens is 392 g/mol. The predicted octanol–water partition coefficient (Wildman–Crippen LogP) is 3.94. The molecule has 7 heteroatoms. The van der Waals surface area contributed by atoms with Gasteiger partial charge in [0.15, 0.2) is 0 Å². The number of nitrogens with zero attached hydrogens (tertiary/aromatic N) is 2. The second-order valence-electron chi connectivity index (χ2n) is 5.81. The highest BCUT2D eigenvalue weighted by Gasteiger charge is 2.22. The topological polar surface area (TPSA) is 64.3 Å². The average molecular weight is 407 g/mol. The van der Waals surface area contributed by atoms with Crippen LogP contribution in [0.25, 0.3) is 11.0 Å². The van der Waals surface area contributed by atoms with Crippen LogP contribution in [0.3, 0.4) is 0 Å². The number of carboxylic acids is 1. The Hall–Kier alpha value is -1.70. The quantitative estimate of drug-likeness (QED) is 0.696. The summed E-state index contributed by atoms with van der Waals surface area (Å²) in [6.45, 7) is 1.51. The molecule has 0 saturated carbocycles. The van der Waals surface area contributed by atoms with Gasteiger partial charge in [-0.25, -0.2) is 9.78 Å². The Morgan fingerprint density at radius 2 is 2.25 bits per heavy atom. The van der Waals surface area contributed by atoms with Crippen molar-refractivity contribution >= 4 is 44.3 Å². The first-order valence-electron chi connectivity index (χ1n) is 7.68. The molecule has 3 aromatic rings. The van der Waals surface area contributed by atoms with E-state index in [1.54, 1.807) is 29.5 Å². The van der Waals surface area contributed by atoms with Crippen LogP contribution in [0, 0.1) is 0 Å². The molecule has 1 N–H and O–H groups in total. The highest BCUT2D eigenvalue weighted by Crippen LogP contribution is 2.27. The van der Waals surface area contributed by atoms with Gasteiger partial charge in [0.25, 0.3) is 0 Å². The first-order valence-corrected chi connectivity index (χ1v) is 9.29. The number of halogens is 1. The number of carbonyl (C=O) groups is 1. The number of aromatic nitrogens is 2. The zero-order valence-electron chi connectivity index (χ0n) is 12.7. The van der Waals surface area contributed by atoms with E-state index in [0.717, 1.165) is 40.1 Å². The fourth-order valence-corrected chi connectivity index (χ4v) is 4.36. The molecule has 0 spiro atoms. The van der Waals surface area contributed by atoms with Crippen LogP contribution in [0.1, 0.15) is 27.5 Å². The molecule has 0 aliphatic carbocycles. The van der Waals surface area contributed by atoms with Crippen LogP contribution in [0.2, 0.25) is 0 Å². The molecule has 1 atom stereocenters. The van der Waals surface area contributed by atoms with E-state index in [4.69, 9.17) is 9.72 Å². The summed E-state index contributed by atoms with van der Waals surface area (Å²) in [7, 11) is 0. The van der Waals surface area contributed by atoms with E-state index in [2.05, 4.69) is 26.6 Å². The molecule has 2 aromatic heterocycles. The van der Waals surface area contributed by atoms with E-state index in [1.807, 2.05) is 6.07 Å². The van der Waals surface area contributed by atoms with Crippen LogP contribution >= 0.6 is 27.3 Å². The smallest absolute Gasteiger partial charge is 0.335 e. The molecule has 4 rings (SSSR count). The van der Waals surface area contributed by atoms with Gasteiger partial charge in [0, 0.05) is 17.9 Å². The molecule has 1 aromatic carbocycles. The maximum absolute atomic E-state index is 11.3. The monoisotopic (exact) mass is 406 g/mol. The third-order valence-corrected chi connectivity index (χ3v) is 5.84.